The number of carboxylic acid groups (broad SMARTS) is 1. The third-order valence-electron chi connectivity index (χ3n) is 3.63. The van der Waals surface area contributed by atoms with Crippen molar-refractivity contribution in [1.29, 1.82) is 0 Å². The summed E-state index contributed by atoms with van der Waals surface area (Å²) in [5, 5.41) is 9.36. The second-order valence-corrected chi connectivity index (χ2v) is 6.42. The van der Waals surface area contributed by atoms with Crippen molar-refractivity contribution in [2.75, 3.05) is 5.75 Å². The number of aryl methyl sites for hydroxylation is 1. The van der Waals surface area contributed by atoms with Gasteiger partial charge in [0.25, 0.3) is 0 Å². The van der Waals surface area contributed by atoms with Crippen molar-refractivity contribution in [2.45, 2.75) is 43.3 Å². The SMILES string of the molecule is O=C(O)C1(CCCCc2ccccc2)CCCS1. The Morgan fingerprint density at radius 1 is 1.28 bits per heavy atom. The first kappa shape index (κ1) is 13.5. The molecule has 1 aromatic rings. The highest BCUT2D eigenvalue weighted by Gasteiger charge is 2.41. The second kappa shape index (κ2) is 6.28. The molecule has 0 amide bonds. The molecule has 0 aromatic heterocycles. The summed E-state index contributed by atoms with van der Waals surface area (Å²) in [5.41, 5.74) is 1.35. The van der Waals surface area contributed by atoms with E-state index < -0.39 is 10.7 Å². The van der Waals surface area contributed by atoms with Crippen LogP contribution in [0.25, 0.3) is 0 Å². The molecule has 1 atom stereocenters. The molecule has 1 heterocycles. The minimum absolute atomic E-state index is 0.476. The molecule has 1 aromatic carbocycles. The summed E-state index contributed by atoms with van der Waals surface area (Å²) in [6, 6.07) is 10.4. The second-order valence-electron chi connectivity index (χ2n) is 4.94. The monoisotopic (exact) mass is 264 g/mol. The van der Waals surface area contributed by atoms with Crippen LogP contribution in [0.4, 0.5) is 0 Å². The van der Waals surface area contributed by atoms with Crippen LogP contribution in [0.1, 0.15) is 37.7 Å². The van der Waals surface area contributed by atoms with Crippen molar-refractivity contribution in [3.05, 3.63) is 35.9 Å². The Bertz CT molecular complexity index is 383. The summed E-state index contributed by atoms with van der Waals surface area (Å²) < 4.78 is -0.476. The molecular weight excluding hydrogens is 244 g/mol. The maximum absolute atomic E-state index is 11.4. The van der Waals surface area contributed by atoms with Crippen LogP contribution in [0.5, 0.6) is 0 Å². The van der Waals surface area contributed by atoms with Crippen molar-refractivity contribution in [2.24, 2.45) is 0 Å². The van der Waals surface area contributed by atoms with E-state index in [2.05, 4.69) is 24.3 Å². The lowest BCUT2D eigenvalue weighted by molar-refractivity contribution is -0.140. The van der Waals surface area contributed by atoms with E-state index >= 15 is 0 Å². The molecule has 1 aliphatic rings. The maximum atomic E-state index is 11.4. The van der Waals surface area contributed by atoms with Crippen LogP contribution in [0.3, 0.4) is 0 Å². The van der Waals surface area contributed by atoms with Gasteiger partial charge in [0.2, 0.25) is 0 Å². The lowest BCUT2D eigenvalue weighted by atomic mass is 9.95. The van der Waals surface area contributed by atoms with Gasteiger partial charge in [0.1, 0.15) is 4.75 Å². The van der Waals surface area contributed by atoms with E-state index in [0.29, 0.717) is 0 Å². The highest BCUT2D eigenvalue weighted by Crippen LogP contribution is 2.42. The molecule has 0 aliphatic carbocycles. The number of thioether (sulfide) groups is 1. The molecule has 1 aliphatic heterocycles. The van der Waals surface area contributed by atoms with Crippen molar-refractivity contribution >= 4 is 17.7 Å². The number of benzene rings is 1. The van der Waals surface area contributed by atoms with E-state index in [1.807, 2.05) is 6.07 Å². The molecule has 2 rings (SSSR count). The van der Waals surface area contributed by atoms with Gasteiger partial charge in [-0.1, -0.05) is 36.8 Å². The van der Waals surface area contributed by atoms with Crippen LogP contribution < -0.4 is 0 Å². The van der Waals surface area contributed by atoms with Crippen LogP contribution in [0, 0.1) is 0 Å². The first-order valence-electron chi connectivity index (χ1n) is 6.64. The molecule has 2 nitrogen and oxygen atoms in total. The molecular formula is C15H20O2S. The standard InChI is InChI=1S/C15H20O2S/c16-14(17)15(11-6-12-18-15)10-5-4-9-13-7-2-1-3-8-13/h1-3,7-8H,4-6,9-12H2,(H,16,17). The lowest BCUT2D eigenvalue weighted by Crippen LogP contribution is -2.32. The minimum Gasteiger partial charge on any atom is -0.480 e. The van der Waals surface area contributed by atoms with Gasteiger partial charge in [0.05, 0.1) is 0 Å². The summed E-state index contributed by atoms with van der Waals surface area (Å²) in [6.45, 7) is 0. The van der Waals surface area contributed by atoms with Gasteiger partial charge in [-0.25, -0.2) is 0 Å². The van der Waals surface area contributed by atoms with E-state index in [4.69, 9.17) is 0 Å². The first-order valence-corrected chi connectivity index (χ1v) is 7.63. The fourth-order valence-electron chi connectivity index (χ4n) is 2.55. The molecule has 0 spiro atoms. The summed E-state index contributed by atoms with van der Waals surface area (Å²) >= 11 is 1.64. The van der Waals surface area contributed by atoms with E-state index in [9.17, 15) is 9.90 Å². The molecule has 1 unspecified atom stereocenters. The molecule has 98 valence electrons. The molecule has 1 N–H and O–H groups in total. The van der Waals surface area contributed by atoms with Gasteiger partial charge in [0, 0.05) is 0 Å². The number of carbonyl (C=O) groups is 1. The maximum Gasteiger partial charge on any atom is 0.319 e. The Morgan fingerprint density at radius 3 is 2.67 bits per heavy atom. The Hall–Kier alpha value is -0.960. The van der Waals surface area contributed by atoms with Gasteiger partial charge in [-0.15, -0.1) is 11.8 Å². The fraction of sp³-hybridized carbons (Fsp3) is 0.533. The van der Waals surface area contributed by atoms with Crippen LogP contribution >= 0.6 is 11.8 Å². The number of rotatable bonds is 6. The molecule has 0 bridgehead atoms. The predicted molar refractivity (Wildman–Crippen MR) is 76.1 cm³/mol. The number of aliphatic carboxylic acids is 1. The summed E-state index contributed by atoms with van der Waals surface area (Å²) in [7, 11) is 0. The molecule has 3 heteroatoms. The van der Waals surface area contributed by atoms with Crippen molar-refractivity contribution in [1.82, 2.24) is 0 Å². The zero-order valence-corrected chi connectivity index (χ0v) is 11.4. The molecule has 18 heavy (non-hydrogen) atoms. The highest BCUT2D eigenvalue weighted by atomic mass is 32.2. The number of hydrogen-bond acceptors (Lipinski definition) is 2. The van der Waals surface area contributed by atoms with E-state index in [0.717, 1.165) is 44.3 Å². The average molecular weight is 264 g/mol. The number of unbranched alkanes of at least 4 members (excludes halogenated alkanes) is 1. The Labute approximate surface area is 113 Å². The number of hydrogen-bond donors (Lipinski definition) is 1. The third-order valence-corrected chi connectivity index (χ3v) is 5.26. The van der Waals surface area contributed by atoms with Crippen molar-refractivity contribution < 1.29 is 9.90 Å². The zero-order valence-electron chi connectivity index (χ0n) is 10.6. The zero-order chi connectivity index (χ0) is 12.8. The molecule has 0 radical (unpaired) electrons. The van der Waals surface area contributed by atoms with Crippen LogP contribution in [-0.4, -0.2) is 21.6 Å². The Balaban J connectivity index is 1.76. The van der Waals surface area contributed by atoms with Gasteiger partial charge in [-0.3, -0.25) is 4.79 Å². The van der Waals surface area contributed by atoms with Crippen molar-refractivity contribution in [3.8, 4) is 0 Å². The van der Waals surface area contributed by atoms with Gasteiger partial charge < -0.3 is 5.11 Å². The summed E-state index contributed by atoms with van der Waals surface area (Å²) in [6.07, 6.45) is 5.86. The van der Waals surface area contributed by atoms with E-state index in [1.54, 1.807) is 11.8 Å². The minimum atomic E-state index is -0.607. The van der Waals surface area contributed by atoms with Crippen molar-refractivity contribution in [3.63, 3.8) is 0 Å². The Kier molecular flexibility index (Phi) is 4.70. The normalized spacial score (nSPS) is 23.1. The summed E-state index contributed by atoms with van der Waals surface area (Å²) in [4.78, 5) is 11.4. The summed E-state index contributed by atoms with van der Waals surface area (Å²) in [5.74, 6) is 0.398. The topological polar surface area (TPSA) is 37.3 Å². The van der Waals surface area contributed by atoms with Gasteiger partial charge in [-0.2, -0.15) is 0 Å². The van der Waals surface area contributed by atoms with Gasteiger partial charge in [-0.05, 0) is 43.4 Å². The predicted octanol–water partition coefficient (Wildman–Crippen LogP) is 3.75. The highest BCUT2D eigenvalue weighted by molar-refractivity contribution is 8.01. The third kappa shape index (κ3) is 3.29. The van der Waals surface area contributed by atoms with E-state index in [-0.39, 0.29) is 0 Å². The smallest absolute Gasteiger partial charge is 0.319 e. The Morgan fingerprint density at radius 2 is 2.06 bits per heavy atom. The van der Waals surface area contributed by atoms with Crippen LogP contribution in [0.15, 0.2) is 30.3 Å². The average Bonchev–Trinajstić information content (AvgIpc) is 2.86. The molecule has 1 fully saturated rings. The quantitative estimate of drug-likeness (QED) is 0.795. The van der Waals surface area contributed by atoms with E-state index in [1.165, 1.54) is 5.56 Å². The number of carboxylic acids is 1. The van der Waals surface area contributed by atoms with Gasteiger partial charge >= 0.3 is 5.97 Å². The van der Waals surface area contributed by atoms with Crippen LogP contribution in [-0.2, 0) is 11.2 Å². The lowest BCUT2D eigenvalue weighted by Gasteiger charge is -2.22. The fourth-order valence-corrected chi connectivity index (χ4v) is 3.93. The largest absolute Gasteiger partial charge is 0.480 e. The molecule has 1 saturated heterocycles. The first-order chi connectivity index (χ1) is 8.73. The van der Waals surface area contributed by atoms with Gasteiger partial charge in [0.15, 0.2) is 0 Å². The van der Waals surface area contributed by atoms with Crippen LogP contribution in [0.2, 0.25) is 0 Å². The molecule has 0 saturated carbocycles.